The smallest absolute Gasteiger partial charge is 0.414 e. The molecule has 1 atom stereocenters. The monoisotopic (exact) mass is 374 g/mol. The maximum atomic E-state index is 12.3. The standard InChI is InChI=1S/C19H22N2O4S/c1-14-6-8-16(9-7-14)13-26(23,24)20-11-18-12-21(19(22)25-18)17-5-3-4-15(2)10-17/h3-10,18,20H,11-13H2,1-2H3. The Hall–Kier alpha value is -2.38. The summed E-state index contributed by atoms with van der Waals surface area (Å²) in [4.78, 5) is 13.6. The summed E-state index contributed by atoms with van der Waals surface area (Å²) in [6.07, 6.45) is -0.978. The Kier molecular flexibility index (Phi) is 5.29. The number of hydrogen-bond donors (Lipinski definition) is 1. The topological polar surface area (TPSA) is 75.7 Å². The largest absolute Gasteiger partial charge is 0.443 e. The van der Waals surface area contributed by atoms with Crippen LogP contribution in [-0.4, -0.2) is 33.7 Å². The average molecular weight is 374 g/mol. The summed E-state index contributed by atoms with van der Waals surface area (Å²) >= 11 is 0. The van der Waals surface area contributed by atoms with Crippen molar-refractivity contribution in [3.63, 3.8) is 0 Å². The van der Waals surface area contributed by atoms with Crippen LogP contribution in [0.2, 0.25) is 0 Å². The van der Waals surface area contributed by atoms with Crippen LogP contribution in [0.15, 0.2) is 48.5 Å². The van der Waals surface area contributed by atoms with Crippen LogP contribution < -0.4 is 9.62 Å². The van der Waals surface area contributed by atoms with Crippen molar-refractivity contribution in [2.75, 3.05) is 18.0 Å². The fourth-order valence-corrected chi connectivity index (χ4v) is 3.98. The van der Waals surface area contributed by atoms with Crippen molar-refractivity contribution in [2.24, 2.45) is 0 Å². The second-order valence-corrected chi connectivity index (χ2v) is 8.36. The van der Waals surface area contributed by atoms with Gasteiger partial charge in [-0.05, 0) is 37.1 Å². The van der Waals surface area contributed by atoms with Crippen LogP contribution in [0.3, 0.4) is 0 Å². The van der Waals surface area contributed by atoms with E-state index in [1.54, 1.807) is 12.1 Å². The lowest BCUT2D eigenvalue weighted by atomic mass is 10.2. The number of sulfonamides is 1. The maximum Gasteiger partial charge on any atom is 0.414 e. The van der Waals surface area contributed by atoms with Crippen molar-refractivity contribution < 1.29 is 17.9 Å². The van der Waals surface area contributed by atoms with Gasteiger partial charge in [-0.1, -0.05) is 42.0 Å². The Morgan fingerprint density at radius 1 is 1.12 bits per heavy atom. The molecule has 0 aromatic heterocycles. The van der Waals surface area contributed by atoms with E-state index in [4.69, 9.17) is 4.74 Å². The maximum absolute atomic E-state index is 12.3. The molecule has 0 spiro atoms. The molecule has 1 aliphatic heterocycles. The molecule has 1 amide bonds. The van der Waals surface area contributed by atoms with Crippen molar-refractivity contribution >= 4 is 21.8 Å². The molecule has 1 N–H and O–H groups in total. The molecule has 2 aromatic carbocycles. The van der Waals surface area contributed by atoms with Gasteiger partial charge in [0.1, 0.15) is 6.10 Å². The van der Waals surface area contributed by atoms with Crippen molar-refractivity contribution in [1.82, 2.24) is 4.72 Å². The zero-order chi connectivity index (χ0) is 18.7. The Morgan fingerprint density at radius 2 is 1.85 bits per heavy atom. The number of aryl methyl sites for hydroxylation is 2. The molecule has 7 heteroatoms. The van der Waals surface area contributed by atoms with Gasteiger partial charge in [-0.25, -0.2) is 17.9 Å². The minimum absolute atomic E-state index is 0.0578. The number of nitrogens with one attached hydrogen (secondary N) is 1. The molecule has 0 aliphatic carbocycles. The van der Waals surface area contributed by atoms with Crippen LogP contribution in [0.5, 0.6) is 0 Å². The molecule has 3 rings (SSSR count). The summed E-state index contributed by atoms with van der Waals surface area (Å²) < 4.78 is 32.3. The van der Waals surface area contributed by atoms with Crippen molar-refractivity contribution in [2.45, 2.75) is 25.7 Å². The molecule has 2 aromatic rings. The van der Waals surface area contributed by atoms with Crippen LogP contribution in [0.25, 0.3) is 0 Å². The van der Waals surface area contributed by atoms with E-state index in [1.807, 2.05) is 50.2 Å². The lowest BCUT2D eigenvalue weighted by molar-refractivity contribution is 0.143. The minimum atomic E-state index is -3.50. The van der Waals surface area contributed by atoms with Crippen molar-refractivity contribution in [1.29, 1.82) is 0 Å². The number of ether oxygens (including phenoxy) is 1. The predicted molar refractivity (Wildman–Crippen MR) is 101 cm³/mol. The number of nitrogens with zero attached hydrogens (tertiary/aromatic N) is 1. The summed E-state index contributed by atoms with van der Waals surface area (Å²) in [5.74, 6) is -0.102. The van der Waals surface area contributed by atoms with Gasteiger partial charge in [0.25, 0.3) is 0 Å². The molecular formula is C19H22N2O4S. The third-order valence-electron chi connectivity index (χ3n) is 4.20. The Morgan fingerprint density at radius 3 is 2.54 bits per heavy atom. The second-order valence-electron chi connectivity index (χ2n) is 6.55. The lowest BCUT2D eigenvalue weighted by Gasteiger charge is -2.13. The quantitative estimate of drug-likeness (QED) is 0.844. The van der Waals surface area contributed by atoms with Crippen molar-refractivity contribution in [3.05, 3.63) is 65.2 Å². The highest BCUT2D eigenvalue weighted by molar-refractivity contribution is 7.88. The number of carbonyl (C=O) groups excluding carboxylic acids is 1. The molecule has 1 aliphatic rings. The van der Waals surface area contributed by atoms with E-state index in [-0.39, 0.29) is 12.3 Å². The number of benzene rings is 2. The Balaban J connectivity index is 1.58. The zero-order valence-corrected chi connectivity index (χ0v) is 15.6. The van der Waals surface area contributed by atoms with Gasteiger partial charge < -0.3 is 4.74 Å². The van der Waals surface area contributed by atoms with Gasteiger partial charge in [0, 0.05) is 12.2 Å². The highest BCUT2D eigenvalue weighted by atomic mass is 32.2. The van der Waals surface area contributed by atoms with E-state index in [9.17, 15) is 13.2 Å². The highest BCUT2D eigenvalue weighted by Crippen LogP contribution is 2.22. The zero-order valence-electron chi connectivity index (χ0n) is 14.8. The molecule has 0 saturated carbocycles. The molecule has 1 heterocycles. The summed E-state index contributed by atoms with van der Waals surface area (Å²) in [7, 11) is -3.50. The van der Waals surface area contributed by atoms with Gasteiger partial charge in [0.2, 0.25) is 10.0 Å². The van der Waals surface area contributed by atoms with Crippen LogP contribution in [0.4, 0.5) is 10.5 Å². The van der Waals surface area contributed by atoms with E-state index < -0.39 is 22.2 Å². The van der Waals surface area contributed by atoms with Gasteiger partial charge in [-0.2, -0.15) is 0 Å². The highest BCUT2D eigenvalue weighted by Gasteiger charge is 2.33. The Bertz CT molecular complexity index is 894. The fraction of sp³-hybridized carbons (Fsp3) is 0.316. The number of amides is 1. The van der Waals surface area contributed by atoms with Gasteiger partial charge in [-0.15, -0.1) is 0 Å². The van der Waals surface area contributed by atoms with E-state index in [2.05, 4.69) is 4.72 Å². The van der Waals surface area contributed by atoms with E-state index in [0.717, 1.165) is 16.8 Å². The van der Waals surface area contributed by atoms with Crippen LogP contribution in [0, 0.1) is 13.8 Å². The van der Waals surface area contributed by atoms with Gasteiger partial charge in [0.15, 0.2) is 0 Å². The average Bonchev–Trinajstić information content (AvgIpc) is 2.96. The molecule has 26 heavy (non-hydrogen) atoms. The SMILES string of the molecule is Cc1ccc(CS(=O)(=O)NCC2CN(c3cccc(C)c3)C(=O)O2)cc1. The molecule has 1 saturated heterocycles. The van der Waals surface area contributed by atoms with Crippen LogP contribution in [-0.2, 0) is 20.5 Å². The number of hydrogen-bond acceptors (Lipinski definition) is 4. The summed E-state index contributed by atoms with van der Waals surface area (Å²) in [5.41, 5.74) is 3.58. The molecule has 0 radical (unpaired) electrons. The third kappa shape index (κ3) is 4.62. The molecule has 1 unspecified atom stereocenters. The number of rotatable bonds is 6. The first-order valence-electron chi connectivity index (χ1n) is 8.40. The first kappa shape index (κ1) is 18.4. The van der Waals surface area contributed by atoms with Crippen LogP contribution in [0.1, 0.15) is 16.7 Å². The Labute approximate surface area is 153 Å². The molecule has 1 fully saturated rings. The summed E-state index contributed by atoms with van der Waals surface area (Å²) in [6.45, 7) is 4.27. The van der Waals surface area contributed by atoms with Crippen molar-refractivity contribution in [3.8, 4) is 0 Å². The van der Waals surface area contributed by atoms with Gasteiger partial charge in [0.05, 0.1) is 12.3 Å². The molecule has 6 nitrogen and oxygen atoms in total. The van der Waals surface area contributed by atoms with Gasteiger partial charge in [-0.3, -0.25) is 4.90 Å². The molecule has 0 bridgehead atoms. The van der Waals surface area contributed by atoms with Gasteiger partial charge >= 0.3 is 6.09 Å². The summed E-state index contributed by atoms with van der Waals surface area (Å²) in [5, 5.41) is 0. The first-order chi connectivity index (χ1) is 12.3. The normalized spacial score (nSPS) is 17.4. The van der Waals surface area contributed by atoms with E-state index >= 15 is 0 Å². The number of carbonyl (C=O) groups is 1. The molecular weight excluding hydrogens is 352 g/mol. The second kappa shape index (κ2) is 7.47. The summed E-state index contributed by atoms with van der Waals surface area (Å²) in [6, 6.07) is 14.9. The predicted octanol–water partition coefficient (Wildman–Crippen LogP) is 2.75. The first-order valence-corrected chi connectivity index (χ1v) is 10.1. The minimum Gasteiger partial charge on any atom is -0.443 e. The lowest BCUT2D eigenvalue weighted by Crippen LogP contribution is -2.35. The number of anilines is 1. The third-order valence-corrected chi connectivity index (χ3v) is 5.52. The fourth-order valence-electron chi connectivity index (χ4n) is 2.81. The van der Waals surface area contributed by atoms with E-state index in [1.165, 1.54) is 4.90 Å². The van der Waals surface area contributed by atoms with E-state index in [0.29, 0.717) is 12.1 Å². The molecule has 138 valence electrons. The van der Waals surface area contributed by atoms with Crippen LogP contribution >= 0.6 is 0 Å². The number of cyclic esters (lactones) is 1.